The third-order valence-corrected chi connectivity index (χ3v) is 7.07. The molecule has 0 aliphatic carbocycles. The van der Waals surface area contributed by atoms with Crippen LogP contribution in [0.5, 0.6) is 0 Å². The van der Waals surface area contributed by atoms with Crippen LogP contribution in [0.25, 0.3) is 33.0 Å². The smallest absolute Gasteiger partial charge is 0.259 e. The molecular weight excluding hydrogens is 440 g/mol. The quantitative estimate of drug-likeness (QED) is 0.423. The second kappa shape index (κ2) is 8.83. The summed E-state index contributed by atoms with van der Waals surface area (Å²) >= 11 is 0. The molecule has 2 aromatic heterocycles. The number of para-hydroxylation sites is 1. The maximum absolute atomic E-state index is 13.1. The van der Waals surface area contributed by atoms with Gasteiger partial charge in [-0.15, -0.1) is 0 Å². The number of hydrogen-bond acceptors (Lipinski definition) is 4. The number of fused-ring (bicyclic) bond motifs is 2. The molecule has 1 saturated heterocycles. The third-order valence-electron chi connectivity index (χ3n) is 7.07. The SMILES string of the molecule is Cc1ccc2c(C3=C(c4c[nH]c5ccccc45)C(=O)NC3=O)cn(CCCN3CCOCC3)c2c1. The van der Waals surface area contributed by atoms with Gasteiger partial charge in [-0.25, -0.2) is 0 Å². The maximum Gasteiger partial charge on any atom is 0.259 e. The molecule has 0 saturated carbocycles. The Balaban J connectivity index is 1.44. The fourth-order valence-corrected chi connectivity index (χ4v) is 5.32. The molecule has 2 aliphatic heterocycles. The first-order chi connectivity index (χ1) is 17.1. The highest BCUT2D eigenvalue weighted by molar-refractivity contribution is 6.50. The molecule has 0 radical (unpaired) electrons. The third kappa shape index (κ3) is 3.87. The van der Waals surface area contributed by atoms with Crippen molar-refractivity contribution in [1.29, 1.82) is 0 Å². The Hall–Kier alpha value is -3.68. The minimum Gasteiger partial charge on any atom is -0.379 e. The van der Waals surface area contributed by atoms with E-state index in [0.29, 0.717) is 11.1 Å². The number of rotatable bonds is 6. The first-order valence-corrected chi connectivity index (χ1v) is 12.2. The van der Waals surface area contributed by atoms with E-state index in [1.54, 1.807) is 0 Å². The lowest BCUT2D eigenvalue weighted by Crippen LogP contribution is -2.37. The van der Waals surface area contributed by atoms with E-state index in [1.165, 1.54) is 0 Å². The van der Waals surface area contributed by atoms with Gasteiger partial charge in [-0.3, -0.25) is 19.8 Å². The summed E-state index contributed by atoms with van der Waals surface area (Å²) < 4.78 is 7.69. The number of nitrogens with zero attached hydrogens (tertiary/aromatic N) is 2. The monoisotopic (exact) mass is 468 g/mol. The summed E-state index contributed by atoms with van der Waals surface area (Å²) in [7, 11) is 0. The zero-order valence-corrected chi connectivity index (χ0v) is 19.8. The minimum atomic E-state index is -0.352. The van der Waals surface area contributed by atoms with Crippen LogP contribution in [0.4, 0.5) is 0 Å². The largest absolute Gasteiger partial charge is 0.379 e. The Kier molecular flexibility index (Phi) is 5.51. The van der Waals surface area contributed by atoms with Gasteiger partial charge in [0, 0.05) is 71.5 Å². The van der Waals surface area contributed by atoms with Crippen molar-refractivity contribution in [3.63, 3.8) is 0 Å². The number of carbonyl (C=O) groups is 2. The van der Waals surface area contributed by atoms with Gasteiger partial charge < -0.3 is 14.3 Å². The molecule has 0 atom stereocenters. The van der Waals surface area contributed by atoms with E-state index in [9.17, 15) is 9.59 Å². The fourth-order valence-electron chi connectivity index (χ4n) is 5.32. The molecule has 0 spiro atoms. The van der Waals surface area contributed by atoms with E-state index >= 15 is 0 Å². The van der Waals surface area contributed by atoms with Gasteiger partial charge in [0.25, 0.3) is 11.8 Å². The van der Waals surface area contributed by atoms with Gasteiger partial charge in [0.1, 0.15) is 0 Å². The van der Waals surface area contributed by atoms with Crippen LogP contribution in [0.2, 0.25) is 0 Å². The van der Waals surface area contributed by atoms with Crippen LogP contribution in [0.1, 0.15) is 23.1 Å². The highest BCUT2D eigenvalue weighted by Crippen LogP contribution is 2.38. The average Bonchev–Trinajstić information content (AvgIpc) is 3.52. The number of aryl methyl sites for hydroxylation is 2. The Morgan fingerprint density at radius 1 is 0.914 bits per heavy atom. The fraction of sp³-hybridized carbons (Fsp3) is 0.286. The molecule has 6 rings (SSSR count). The number of nitrogens with one attached hydrogen (secondary N) is 2. The number of ether oxygens (including phenoxy) is 1. The van der Waals surface area contributed by atoms with E-state index in [1.807, 2.05) is 36.7 Å². The standard InChI is InChI=1S/C28H28N4O3/c1-18-7-8-20-22(17-32(24(20)15-18)10-4-9-31-11-13-35-14-12-31)26-25(27(33)30-28(26)34)21-16-29-23-6-3-2-5-19(21)23/h2-3,5-8,15-17,29H,4,9-14H2,1H3,(H,30,33,34). The van der Waals surface area contributed by atoms with Crippen molar-refractivity contribution in [2.45, 2.75) is 19.9 Å². The molecule has 35 heavy (non-hydrogen) atoms. The molecule has 2 aromatic carbocycles. The zero-order valence-electron chi connectivity index (χ0n) is 19.8. The summed E-state index contributed by atoms with van der Waals surface area (Å²) in [6.07, 6.45) is 4.87. The number of carbonyl (C=O) groups excluding carboxylic acids is 2. The summed E-state index contributed by atoms with van der Waals surface area (Å²) in [6.45, 7) is 7.45. The molecule has 4 aromatic rings. The molecule has 7 heteroatoms. The van der Waals surface area contributed by atoms with E-state index in [0.717, 1.165) is 84.3 Å². The van der Waals surface area contributed by atoms with Gasteiger partial charge in [0.2, 0.25) is 0 Å². The summed E-state index contributed by atoms with van der Waals surface area (Å²) in [5, 5.41) is 4.46. The van der Waals surface area contributed by atoms with Crippen molar-refractivity contribution in [2.75, 3.05) is 32.8 Å². The Morgan fingerprint density at radius 2 is 1.69 bits per heavy atom. The molecule has 0 unspecified atom stereocenters. The highest BCUT2D eigenvalue weighted by atomic mass is 16.5. The number of morpholine rings is 1. The van der Waals surface area contributed by atoms with Crippen LogP contribution in [0, 0.1) is 6.92 Å². The zero-order chi connectivity index (χ0) is 23.9. The molecular formula is C28H28N4O3. The summed E-state index contributed by atoms with van der Waals surface area (Å²) in [4.78, 5) is 31.8. The highest BCUT2D eigenvalue weighted by Gasteiger charge is 2.35. The molecule has 7 nitrogen and oxygen atoms in total. The number of amides is 2. The summed E-state index contributed by atoms with van der Waals surface area (Å²) in [6, 6.07) is 14.1. The number of benzene rings is 2. The number of aromatic amines is 1. The van der Waals surface area contributed by atoms with Gasteiger partial charge in [0.05, 0.1) is 24.4 Å². The molecule has 178 valence electrons. The van der Waals surface area contributed by atoms with Gasteiger partial charge in [-0.05, 0) is 31.0 Å². The van der Waals surface area contributed by atoms with Crippen LogP contribution >= 0.6 is 0 Å². The molecule has 2 amide bonds. The lowest BCUT2D eigenvalue weighted by Gasteiger charge is -2.26. The van der Waals surface area contributed by atoms with Crippen LogP contribution in [0.15, 0.2) is 54.9 Å². The summed E-state index contributed by atoms with van der Waals surface area (Å²) in [5.74, 6) is -0.696. The van der Waals surface area contributed by atoms with Crippen molar-refractivity contribution < 1.29 is 14.3 Å². The Morgan fingerprint density at radius 3 is 2.51 bits per heavy atom. The Labute approximate surface area is 203 Å². The number of H-pyrrole nitrogens is 1. The van der Waals surface area contributed by atoms with Crippen molar-refractivity contribution in [2.24, 2.45) is 0 Å². The van der Waals surface area contributed by atoms with Crippen LogP contribution < -0.4 is 5.32 Å². The number of imide groups is 1. The number of aromatic nitrogens is 2. The van der Waals surface area contributed by atoms with E-state index in [2.05, 4.69) is 44.9 Å². The average molecular weight is 469 g/mol. The first kappa shape index (κ1) is 21.8. The van der Waals surface area contributed by atoms with Crippen molar-refractivity contribution in [1.82, 2.24) is 19.8 Å². The van der Waals surface area contributed by atoms with Crippen molar-refractivity contribution in [3.05, 3.63) is 71.5 Å². The van der Waals surface area contributed by atoms with E-state index in [4.69, 9.17) is 4.74 Å². The molecule has 4 heterocycles. The minimum absolute atomic E-state index is 0.344. The predicted octanol–water partition coefficient (Wildman–Crippen LogP) is 3.72. The topological polar surface area (TPSA) is 79.4 Å². The van der Waals surface area contributed by atoms with E-state index in [-0.39, 0.29) is 11.8 Å². The predicted molar refractivity (Wildman–Crippen MR) is 137 cm³/mol. The maximum atomic E-state index is 13.1. The second-order valence-electron chi connectivity index (χ2n) is 9.35. The molecule has 2 aliphatic rings. The second-order valence-corrected chi connectivity index (χ2v) is 9.35. The van der Waals surface area contributed by atoms with Gasteiger partial charge in [-0.2, -0.15) is 0 Å². The van der Waals surface area contributed by atoms with Gasteiger partial charge in [-0.1, -0.05) is 30.3 Å². The number of hydrogen-bond donors (Lipinski definition) is 2. The lowest BCUT2D eigenvalue weighted by atomic mass is 9.95. The Bertz CT molecular complexity index is 1490. The lowest BCUT2D eigenvalue weighted by molar-refractivity contribution is -0.122. The van der Waals surface area contributed by atoms with Crippen LogP contribution in [0.3, 0.4) is 0 Å². The first-order valence-electron chi connectivity index (χ1n) is 12.2. The molecule has 2 N–H and O–H groups in total. The van der Waals surface area contributed by atoms with Crippen LogP contribution in [-0.2, 0) is 20.9 Å². The van der Waals surface area contributed by atoms with Crippen molar-refractivity contribution >= 4 is 44.8 Å². The van der Waals surface area contributed by atoms with Crippen LogP contribution in [-0.4, -0.2) is 59.1 Å². The molecule has 0 bridgehead atoms. The summed E-state index contributed by atoms with van der Waals surface area (Å²) in [5.41, 5.74) is 5.60. The normalized spacial score (nSPS) is 17.2. The molecule has 1 fully saturated rings. The van der Waals surface area contributed by atoms with Gasteiger partial charge in [0.15, 0.2) is 0 Å². The van der Waals surface area contributed by atoms with Crippen molar-refractivity contribution in [3.8, 4) is 0 Å². The van der Waals surface area contributed by atoms with E-state index < -0.39 is 0 Å². The van der Waals surface area contributed by atoms with Gasteiger partial charge >= 0.3 is 0 Å².